The van der Waals surface area contributed by atoms with E-state index < -0.39 is 23.8 Å². The van der Waals surface area contributed by atoms with Crippen molar-refractivity contribution in [3.63, 3.8) is 0 Å². The Morgan fingerprint density at radius 3 is 2.00 bits per heavy atom. The highest BCUT2D eigenvalue weighted by atomic mass is 19.4. The van der Waals surface area contributed by atoms with E-state index in [0.717, 1.165) is 0 Å². The summed E-state index contributed by atoms with van der Waals surface area (Å²) < 4.78 is 34.9. The normalized spacial score (nSPS) is 18.3. The lowest BCUT2D eigenvalue weighted by Gasteiger charge is -2.00. The zero-order valence-corrected chi connectivity index (χ0v) is 4.90. The number of hydrogen-bond donors (Lipinski definition) is 1. The van der Waals surface area contributed by atoms with E-state index in [0.29, 0.717) is 0 Å². The molecule has 0 atom stereocenters. The van der Waals surface area contributed by atoms with Crippen LogP contribution in [0.1, 0.15) is 0 Å². The summed E-state index contributed by atoms with van der Waals surface area (Å²) in [4.78, 5) is 22.8. The number of urea groups is 1. The third-order valence-electron chi connectivity index (χ3n) is 0.917. The zero-order valence-electron chi connectivity index (χ0n) is 4.90. The first kappa shape index (κ1) is 7.70. The van der Waals surface area contributed by atoms with Gasteiger partial charge in [0.25, 0.3) is 5.91 Å². The molecule has 0 aromatic rings. The molecule has 0 radical (unpaired) electrons. The molecule has 3 amide bonds. The SMILES string of the molecule is O=C1N=C(C(F)(F)F)C(=O)N1. The summed E-state index contributed by atoms with van der Waals surface area (Å²) in [6, 6.07) is -1.28. The highest BCUT2D eigenvalue weighted by Crippen LogP contribution is 2.19. The molecule has 7 heteroatoms. The van der Waals surface area contributed by atoms with Gasteiger partial charge in [-0.05, 0) is 0 Å². The van der Waals surface area contributed by atoms with Crippen molar-refractivity contribution in [2.45, 2.75) is 6.18 Å². The first-order valence-electron chi connectivity index (χ1n) is 2.42. The third kappa shape index (κ3) is 1.36. The van der Waals surface area contributed by atoms with E-state index in [1.165, 1.54) is 5.32 Å². The third-order valence-corrected chi connectivity index (χ3v) is 0.917. The van der Waals surface area contributed by atoms with Crippen molar-refractivity contribution < 1.29 is 22.8 Å². The molecule has 0 bridgehead atoms. The molecule has 1 heterocycles. The monoisotopic (exact) mass is 166 g/mol. The van der Waals surface area contributed by atoms with Gasteiger partial charge in [0, 0.05) is 0 Å². The first-order chi connectivity index (χ1) is 4.91. The largest absolute Gasteiger partial charge is 0.439 e. The summed E-state index contributed by atoms with van der Waals surface area (Å²) in [5.74, 6) is -1.50. The molecule has 0 saturated heterocycles. The van der Waals surface area contributed by atoms with Crippen LogP contribution in [0.4, 0.5) is 18.0 Å². The van der Waals surface area contributed by atoms with Gasteiger partial charge in [0.05, 0.1) is 0 Å². The lowest BCUT2D eigenvalue weighted by Crippen LogP contribution is -2.34. The van der Waals surface area contributed by atoms with E-state index in [1.807, 2.05) is 0 Å². The first-order valence-corrected chi connectivity index (χ1v) is 2.42. The number of nitrogens with one attached hydrogen (secondary N) is 1. The van der Waals surface area contributed by atoms with Gasteiger partial charge in [-0.25, -0.2) is 4.79 Å². The van der Waals surface area contributed by atoms with Crippen molar-refractivity contribution in [2.75, 3.05) is 0 Å². The van der Waals surface area contributed by atoms with Gasteiger partial charge >= 0.3 is 12.2 Å². The maximum absolute atomic E-state index is 11.6. The van der Waals surface area contributed by atoms with Gasteiger partial charge in [-0.2, -0.15) is 18.2 Å². The van der Waals surface area contributed by atoms with Crippen molar-refractivity contribution >= 4 is 17.6 Å². The van der Waals surface area contributed by atoms with Crippen LogP contribution >= 0.6 is 0 Å². The Kier molecular flexibility index (Phi) is 1.43. The molecule has 60 valence electrons. The summed E-state index contributed by atoms with van der Waals surface area (Å²) in [6.45, 7) is 0. The Hall–Kier alpha value is -1.40. The molecular formula is C4HF3N2O2. The topological polar surface area (TPSA) is 58.5 Å². The average Bonchev–Trinajstić information content (AvgIpc) is 2.08. The van der Waals surface area contributed by atoms with Crippen LogP contribution in [-0.2, 0) is 4.79 Å². The molecular weight excluding hydrogens is 165 g/mol. The van der Waals surface area contributed by atoms with Crippen LogP contribution < -0.4 is 5.32 Å². The molecule has 1 rings (SSSR count). The van der Waals surface area contributed by atoms with Crippen molar-refractivity contribution in [3.8, 4) is 0 Å². The highest BCUT2D eigenvalue weighted by Gasteiger charge is 2.44. The molecule has 1 aliphatic heterocycles. The van der Waals surface area contributed by atoms with E-state index in [-0.39, 0.29) is 0 Å². The van der Waals surface area contributed by atoms with Crippen LogP contribution in [0, 0.1) is 0 Å². The molecule has 0 spiro atoms. The smallest absolute Gasteiger partial charge is 0.271 e. The van der Waals surface area contributed by atoms with E-state index in [9.17, 15) is 22.8 Å². The fraction of sp³-hybridized carbons (Fsp3) is 0.250. The number of nitrogens with zero attached hydrogens (tertiary/aromatic N) is 1. The van der Waals surface area contributed by atoms with E-state index in [4.69, 9.17) is 0 Å². The van der Waals surface area contributed by atoms with Crippen LogP contribution in [-0.4, -0.2) is 23.8 Å². The number of imide groups is 1. The zero-order chi connectivity index (χ0) is 8.65. The van der Waals surface area contributed by atoms with E-state index in [2.05, 4.69) is 4.99 Å². The maximum atomic E-state index is 11.6. The van der Waals surface area contributed by atoms with E-state index >= 15 is 0 Å². The summed E-state index contributed by atoms with van der Waals surface area (Å²) in [7, 11) is 0. The Labute approximate surface area is 58.1 Å². The van der Waals surface area contributed by atoms with Crippen molar-refractivity contribution in [3.05, 3.63) is 0 Å². The Morgan fingerprint density at radius 2 is 1.82 bits per heavy atom. The number of alkyl halides is 3. The van der Waals surface area contributed by atoms with Crippen LogP contribution in [0.5, 0.6) is 0 Å². The van der Waals surface area contributed by atoms with Crippen molar-refractivity contribution in [1.29, 1.82) is 0 Å². The number of halogens is 3. The van der Waals surface area contributed by atoms with Crippen molar-refractivity contribution in [2.24, 2.45) is 4.99 Å². The number of rotatable bonds is 0. The molecule has 0 unspecified atom stereocenters. The number of amides is 3. The van der Waals surface area contributed by atoms with Crippen LogP contribution in [0.25, 0.3) is 0 Å². The molecule has 1 aliphatic rings. The summed E-state index contributed by atoms with van der Waals surface area (Å²) >= 11 is 0. The Balaban J connectivity index is 2.97. The van der Waals surface area contributed by atoms with Gasteiger partial charge in [-0.3, -0.25) is 10.1 Å². The minimum absolute atomic E-state index is 1.28. The van der Waals surface area contributed by atoms with Gasteiger partial charge in [0.1, 0.15) is 0 Å². The number of aliphatic imine (C=N–C) groups is 1. The van der Waals surface area contributed by atoms with E-state index in [1.54, 1.807) is 0 Å². The average molecular weight is 166 g/mol. The number of hydrogen-bond acceptors (Lipinski definition) is 2. The predicted molar refractivity (Wildman–Crippen MR) is 27.0 cm³/mol. The van der Waals surface area contributed by atoms with Gasteiger partial charge in [-0.1, -0.05) is 0 Å². The number of carbonyl (C=O) groups excluding carboxylic acids is 2. The molecule has 0 saturated carbocycles. The van der Waals surface area contributed by atoms with Gasteiger partial charge in [0.15, 0.2) is 0 Å². The minimum atomic E-state index is -4.85. The van der Waals surface area contributed by atoms with Crippen LogP contribution in [0.15, 0.2) is 4.99 Å². The summed E-state index contributed by atoms with van der Waals surface area (Å²) in [5, 5.41) is 1.37. The molecule has 0 aromatic carbocycles. The van der Waals surface area contributed by atoms with Gasteiger partial charge < -0.3 is 0 Å². The van der Waals surface area contributed by atoms with Gasteiger partial charge in [0.2, 0.25) is 5.71 Å². The fourth-order valence-corrected chi connectivity index (χ4v) is 0.529. The Morgan fingerprint density at radius 1 is 1.27 bits per heavy atom. The summed E-state index contributed by atoms with van der Waals surface area (Å²) in [6.07, 6.45) is -4.85. The predicted octanol–water partition coefficient (Wildman–Crippen LogP) is 0.239. The van der Waals surface area contributed by atoms with Crippen LogP contribution in [0.2, 0.25) is 0 Å². The maximum Gasteiger partial charge on any atom is 0.439 e. The molecule has 0 aliphatic carbocycles. The highest BCUT2D eigenvalue weighted by molar-refractivity contribution is 6.48. The second-order valence-electron chi connectivity index (χ2n) is 1.72. The molecule has 1 N–H and O–H groups in total. The molecule has 0 fully saturated rings. The lowest BCUT2D eigenvalue weighted by atomic mass is 10.3. The molecule has 11 heavy (non-hydrogen) atoms. The summed E-state index contributed by atoms with van der Waals surface area (Å²) in [5.41, 5.74) is -1.69. The second-order valence-corrected chi connectivity index (χ2v) is 1.72. The second kappa shape index (κ2) is 2.04. The van der Waals surface area contributed by atoms with Gasteiger partial charge in [-0.15, -0.1) is 0 Å². The van der Waals surface area contributed by atoms with Crippen LogP contribution in [0.3, 0.4) is 0 Å². The molecule has 0 aromatic heterocycles. The number of carbonyl (C=O) groups is 2. The molecule has 4 nitrogen and oxygen atoms in total. The lowest BCUT2D eigenvalue weighted by molar-refractivity contribution is -0.117. The van der Waals surface area contributed by atoms with Crippen molar-refractivity contribution in [1.82, 2.24) is 5.32 Å². The standard InChI is InChI=1S/C4HF3N2O2/c5-4(6,7)1-2(10)9-3(11)8-1/h(H,9,10,11). The minimum Gasteiger partial charge on any atom is -0.271 e. The fourth-order valence-electron chi connectivity index (χ4n) is 0.529. The Bertz CT molecular complexity index is 255. The quantitative estimate of drug-likeness (QED) is 0.560.